The number of carboxylic acid groups (broad SMARTS) is 1. The van der Waals surface area contributed by atoms with Gasteiger partial charge in [-0.15, -0.1) is 0 Å². The van der Waals surface area contributed by atoms with Crippen LogP contribution in [0.25, 0.3) is 0 Å². The molecule has 0 aromatic rings. The van der Waals surface area contributed by atoms with Crippen molar-refractivity contribution in [3.8, 4) is 0 Å². The van der Waals surface area contributed by atoms with Gasteiger partial charge in [-0.05, 0) is 13.0 Å². The zero-order valence-electron chi connectivity index (χ0n) is 8.92. The zero-order valence-corrected chi connectivity index (χ0v) is 8.92. The molecule has 6 heteroatoms. The van der Waals surface area contributed by atoms with E-state index < -0.39 is 17.3 Å². The summed E-state index contributed by atoms with van der Waals surface area (Å²) >= 11 is 0. The van der Waals surface area contributed by atoms with Crippen LogP contribution in [-0.2, 0) is 9.53 Å². The molecule has 0 saturated carbocycles. The van der Waals surface area contributed by atoms with Crippen LogP contribution in [-0.4, -0.2) is 54.7 Å². The number of piperidine rings is 1. The van der Waals surface area contributed by atoms with Crippen molar-refractivity contribution in [1.82, 2.24) is 4.90 Å². The Hall–Kier alpha value is -0.750. The molecule has 0 atom stereocenters. The van der Waals surface area contributed by atoms with E-state index in [2.05, 4.69) is 0 Å². The smallest absolute Gasteiger partial charge is 0.315 e. The van der Waals surface area contributed by atoms with Gasteiger partial charge in [0.25, 0.3) is 5.92 Å². The fourth-order valence-corrected chi connectivity index (χ4v) is 2.24. The Morgan fingerprint density at radius 3 is 2.56 bits per heavy atom. The van der Waals surface area contributed by atoms with E-state index >= 15 is 0 Å². The number of nitrogens with zero attached hydrogens (tertiary/aromatic N) is 1. The second kappa shape index (κ2) is 3.92. The molecule has 0 unspecified atom stereocenters. The van der Waals surface area contributed by atoms with E-state index in [4.69, 9.17) is 9.84 Å². The van der Waals surface area contributed by atoms with Gasteiger partial charge in [-0.25, -0.2) is 8.78 Å². The molecule has 1 N–H and O–H groups in total. The molecular weight excluding hydrogens is 220 g/mol. The van der Waals surface area contributed by atoms with Gasteiger partial charge in [-0.3, -0.25) is 9.69 Å². The van der Waals surface area contributed by atoms with Gasteiger partial charge in [0.05, 0.1) is 19.8 Å². The summed E-state index contributed by atoms with van der Waals surface area (Å²) in [6.07, 6.45) is 0.323. The Kier molecular flexibility index (Phi) is 2.88. The van der Waals surface area contributed by atoms with Gasteiger partial charge in [0.1, 0.15) is 5.41 Å². The van der Waals surface area contributed by atoms with E-state index in [1.165, 1.54) is 0 Å². The number of ether oxygens (including phenoxy) is 1. The number of aliphatic carboxylic acids is 1. The molecule has 16 heavy (non-hydrogen) atoms. The highest BCUT2D eigenvalue weighted by Gasteiger charge is 2.49. The third-order valence-electron chi connectivity index (χ3n) is 3.21. The zero-order chi connectivity index (χ0) is 11.8. The molecule has 2 fully saturated rings. The molecule has 2 saturated heterocycles. The maximum atomic E-state index is 13.1. The van der Waals surface area contributed by atoms with Crippen LogP contribution in [0.1, 0.15) is 12.8 Å². The maximum absolute atomic E-state index is 13.1. The highest BCUT2D eigenvalue weighted by Crippen LogP contribution is 2.33. The van der Waals surface area contributed by atoms with E-state index in [-0.39, 0.29) is 32.7 Å². The summed E-state index contributed by atoms with van der Waals surface area (Å²) in [5, 5.41) is 9.05. The summed E-state index contributed by atoms with van der Waals surface area (Å²) in [4.78, 5) is 12.6. The summed E-state index contributed by atoms with van der Waals surface area (Å²) in [7, 11) is 0. The summed E-state index contributed by atoms with van der Waals surface area (Å²) in [5.74, 6) is -3.63. The lowest BCUT2D eigenvalue weighted by Gasteiger charge is -2.43. The molecule has 0 amide bonds. The Labute approximate surface area is 92.2 Å². The Morgan fingerprint density at radius 1 is 1.44 bits per heavy atom. The topological polar surface area (TPSA) is 49.8 Å². The molecule has 0 radical (unpaired) electrons. The molecule has 2 aliphatic heterocycles. The van der Waals surface area contributed by atoms with Crippen LogP contribution in [0, 0.1) is 5.41 Å². The summed E-state index contributed by atoms with van der Waals surface area (Å²) in [6.45, 7) is 0.638. The first-order valence-electron chi connectivity index (χ1n) is 5.35. The monoisotopic (exact) mass is 235 g/mol. The van der Waals surface area contributed by atoms with Gasteiger partial charge < -0.3 is 9.84 Å². The minimum Gasteiger partial charge on any atom is -0.481 e. The Bertz CT molecular complexity index is 292. The normalized spacial score (nSPS) is 28.4. The molecule has 0 bridgehead atoms. The first kappa shape index (κ1) is 11.7. The van der Waals surface area contributed by atoms with Crippen LogP contribution in [0.15, 0.2) is 0 Å². The van der Waals surface area contributed by atoms with Gasteiger partial charge in [0.15, 0.2) is 0 Å². The van der Waals surface area contributed by atoms with Crippen molar-refractivity contribution < 1.29 is 23.4 Å². The van der Waals surface area contributed by atoms with Gasteiger partial charge >= 0.3 is 5.97 Å². The van der Waals surface area contributed by atoms with E-state index in [1.807, 2.05) is 0 Å². The van der Waals surface area contributed by atoms with Gasteiger partial charge in [0, 0.05) is 13.0 Å². The van der Waals surface area contributed by atoms with E-state index in [0.717, 1.165) is 0 Å². The number of hydrogen-bond donors (Lipinski definition) is 1. The van der Waals surface area contributed by atoms with Crippen molar-refractivity contribution in [1.29, 1.82) is 0 Å². The van der Waals surface area contributed by atoms with Crippen LogP contribution < -0.4 is 0 Å². The minimum atomic E-state index is -2.68. The van der Waals surface area contributed by atoms with Crippen molar-refractivity contribution in [3.63, 3.8) is 0 Å². The van der Waals surface area contributed by atoms with E-state index in [0.29, 0.717) is 13.0 Å². The number of carbonyl (C=O) groups is 1. The first-order valence-corrected chi connectivity index (χ1v) is 5.35. The fourth-order valence-electron chi connectivity index (χ4n) is 2.24. The molecule has 92 valence electrons. The number of halogens is 2. The number of likely N-dealkylation sites (tertiary alicyclic amines) is 1. The van der Waals surface area contributed by atoms with Gasteiger partial charge in [0.2, 0.25) is 0 Å². The largest absolute Gasteiger partial charge is 0.481 e. The molecule has 2 heterocycles. The highest BCUT2D eigenvalue weighted by molar-refractivity contribution is 5.76. The van der Waals surface area contributed by atoms with Crippen molar-refractivity contribution in [2.45, 2.75) is 18.8 Å². The third-order valence-corrected chi connectivity index (χ3v) is 3.21. The second-order valence-electron chi connectivity index (χ2n) is 4.75. The van der Waals surface area contributed by atoms with E-state index in [9.17, 15) is 13.6 Å². The van der Waals surface area contributed by atoms with Crippen molar-refractivity contribution >= 4 is 5.97 Å². The van der Waals surface area contributed by atoms with Crippen molar-refractivity contribution in [3.05, 3.63) is 0 Å². The van der Waals surface area contributed by atoms with Crippen molar-refractivity contribution in [2.75, 3.05) is 32.8 Å². The van der Waals surface area contributed by atoms with E-state index in [1.54, 1.807) is 4.90 Å². The summed E-state index contributed by atoms with van der Waals surface area (Å²) in [6, 6.07) is 0. The van der Waals surface area contributed by atoms with Crippen LogP contribution in [0.4, 0.5) is 8.78 Å². The molecule has 0 aromatic heterocycles. The second-order valence-corrected chi connectivity index (χ2v) is 4.75. The number of hydrogen-bond acceptors (Lipinski definition) is 3. The summed E-state index contributed by atoms with van der Waals surface area (Å²) in [5.41, 5.74) is -0.965. The lowest BCUT2D eigenvalue weighted by atomic mass is 9.85. The van der Waals surface area contributed by atoms with Gasteiger partial charge in [-0.2, -0.15) is 0 Å². The van der Waals surface area contributed by atoms with Crippen molar-refractivity contribution in [2.24, 2.45) is 5.41 Å². The van der Waals surface area contributed by atoms with Crippen LogP contribution >= 0.6 is 0 Å². The first-order chi connectivity index (χ1) is 7.44. The SMILES string of the molecule is O=C(O)C1(CN2CCCC(F)(F)C2)COC1. The minimum absolute atomic E-state index is 0.0972. The lowest BCUT2D eigenvalue weighted by Crippen LogP contribution is -2.58. The number of carboxylic acids is 1. The average molecular weight is 235 g/mol. The van der Waals surface area contributed by atoms with Crippen LogP contribution in [0.2, 0.25) is 0 Å². The maximum Gasteiger partial charge on any atom is 0.315 e. The predicted molar refractivity (Wildman–Crippen MR) is 51.5 cm³/mol. The predicted octanol–water partition coefficient (Wildman–Crippen LogP) is 0.819. The quantitative estimate of drug-likeness (QED) is 0.786. The number of alkyl halides is 2. The molecule has 2 aliphatic rings. The Balaban J connectivity index is 1.96. The van der Waals surface area contributed by atoms with Crippen LogP contribution in [0.3, 0.4) is 0 Å². The molecule has 2 rings (SSSR count). The summed E-state index contributed by atoms with van der Waals surface area (Å²) < 4.78 is 31.2. The molecule has 4 nitrogen and oxygen atoms in total. The molecule has 0 aliphatic carbocycles. The highest BCUT2D eigenvalue weighted by atomic mass is 19.3. The standard InChI is InChI=1S/C10H15F2NO3/c11-10(12)2-1-3-13(5-10)4-9(8(14)15)6-16-7-9/h1-7H2,(H,14,15). The molecule has 0 spiro atoms. The lowest BCUT2D eigenvalue weighted by molar-refractivity contribution is -0.187. The number of rotatable bonds is 3. The molecular formula is C10H15F2NO3. The van der Waals surface area contributed by atoms with Crippen LogP contribution in [0.5, 0.6) is 0 Å². The fraction of sp³-hybridized carbons (Fsp3) is 0.900. The molecule has 0 aromatic carbocycles. The Morgan fingerprint density at radius 2 is 2.12 bits per heavy atom. The average Bonchev–Trinajstić information content (AvgIpc) is 2.09. The third kappa shape index (κ3) is 2.17. The van der Waals surface area contributed by atoms with Gasteiger partial charge in [-0.1, -0.05) is 0 Å².